The van der Waals surface area contributed by atoms with Crippen LogP contribution in [0.15, 0.2) is 80.9 Å². The van der Waals surface area contributed by atoms with Crippen molar-refractivity contribution in [2.24, 2.45) is 7.05 Å². The molecule has 8 nitrogen and oxygen atoms in total. The van der Waals surface area contributed by atoms with Crippen molar-refractivity contribution in [3.8, 4) is 5.69 Å². The van der Waals surface area contributed by atoms with E-state index < -0.39 is 0 Å². The number of halogens is 1. The maximum absolute atomic E-state index is 13.5. The first-order chi connectivity index (χ1) is 20.6. The number of amides is 2. The molecule has 43 heavy (non-hydrogen) atoms. The molecule has 1 aromatic heterocycles. The minimum atomic E-state index is -0.311. The van der Waals surface area contributed by atoms with Gasteiger partial charge in [0.1, 0.15) is 5.69 Å². The highest BCUT2D eigenvalue weighted by molar-refractivity contribution is 9.10. The number of hydrogen-bond donors (Lipinski definition) is 2. The third kappa shape index (κ3) is 6.75. The van der Waals surface area contributed by atoms with Gasteiger partial charge >= 0.3 is 0 Å². The molecule has 3 aromatic carbocycles. The van der Waals surface area contributed by atoms with Crippen molar-refractivity contribution in [2.75, 3.05) is 29.1 Å². The molecular formula is C33H36BrN5O3S. The van der Waals surface area contributed by atoms with E-state index in [1.807, 2.05) is 48.5 Å². The molecule has 0 radical (unpaired) electrons. The van der Waals surface area contributed by atoms with E-state index in [0.29, 0.717) is 16.2 Å². The van der Waals surface area contributed by atoms with Gasteiger partial charge in [0.25, 0.3) is 11.5 Å². The number of aromatic nitrogens is 2. The number of piperidine rings is 1. The van der Waals surface area contributed by atoms with Crippen LogP contribution in [0, 0.1) is 20.8 Å². The van der Waals surface area contributed by atoms with Crippen molar-refractivity contribution in [3.05, 3.63) is 104 Å². The Bertz CT molecular complexity index is 1690. The molecule has 0 saturated carbocycles. The van der Waals surface area contributed by atoms with Crippen LogP contribution >= 0.6 is 27.7 Å². The molecule has 2 heterocycles. The Morgan fingerprint density at radius 3 is 2.40 bits per heavy atom. The smallest absolute Gasteiger partial charge is 0.295 e. The van der Waals surface area contributed by atoms with E-state index in [1.54, 1.807) is 24.7 Å². The molecule has 2 amide bonds. The Hall–Kier alpha value is -3.76. The molecule has 5 rings (SSSR count). The molecule has 1 aliphatic heterocycles. The number of hydrogen-bond acceptors (Lipinski definition) is 5. The third-order valence-corrected chi connectivity index (χ3v) is 9.37. The monoisotopic (exact) mass is 661 g/mol. The predicted molar refractivity (Wildman–Crippen MR) is 178 cm³/mol. The second-order valence-electron chi connectivity index (χ2n) is 10.9. The molecule has 10 heteroatoms. The summed E-state index contributed by atoms with van der Waals surface area (Å²) in [5, 5.41) is 6.05. The second kappa shape index (κ2) is 13.3. The van der Waals surface area contributed by atoms with Crippen molar-refractivity contribution < 1.29 is 9.59 Å². The minimum absolute atomic E-state index is 0.0119. The Labute approximate surface area is 264 Å². The highest BCUT2D eigenvalue weighted by atomic mass is 79.9. The van der Waals surface area contributed by atoms with Crippen LogP contribution in [0.2, 0.25) is 0 Å². The molecule has 4 aromatic rings. The van der Waals surface area contributed by atoms with Crippen LogP contribution < -0.4 is 21.1 Å². The van der Waals surface area contributed by atoms with Crippen LogP contribution in [0.4, 0.5) is 11.4 Å². The van der Waals surface area contributed by atoms with Gasteiger partial charge < -0.3 is 15.5 Å². The van der Waals surface area contributed by atoms with Gasteiger partial charge in [0.15, 0.2) is 0 Å². The zero-order valence-corrected chi connectivity index (χ0v) is 27.2. The fourth-order valence-corrected chi connectivity index (χ4v) is 7.31. The van der Waals surface area contributed by atoms with Gasteiger partial charge in [0, 0.05) is 41.2 Å². The van der Waals surface area contributed by atoms with Gasteiger partial charge in [0.2, 0.25) is 5.91 Å². The summed E-state index contributed by atoms with van der Waals surface area (Å²) in [6, 6.07) is 20.9. The van der Waals surface area contributed by atoms with Crippen LogP contribution in [0.1, 0.15) is 40.0 Å². The van der Waals surface area contributed by atoms with E-state index in [1.165, 1.54) is 33.3 Å². The number of rotatable bonds is 8. The van der Waals surface area contributed by atoms with Gasteiger partial charge in [-0.1, -0.05) is 46.3 Å². The van der Waals surface area contributed by atoms with Gasteiger partial charge in [0.05, 0.1) is 22.7 Å². The molecule has 1 fully saturated rings. The summed E-state index contributed by atoms with van der Waals surface area (Å²) >= 11 is 4.87. The zero-order chi connectivity index (χ0) is 30.7. The van der Waals surface area contributed by atoms with E-state index >= 15 is 0 Å². The van der Waals surface area contributed by atoms with Crippen LogP contribution in [0.25, 0.3) is 5.69 Å². The first kappa shape index (κ1) is 30.7. The van der Waals surface area contributed by atoms with Crippen LogP contribution in [-0.4, -0.2) is 46.1 Å². The summed E-state index contributed by atoms with van der Waals surface area (Å²) in [6.45, 7) is 7.74. The maximum Gasteiger partial charge on any atom is 0.295 e. The molecule has 0 bridgehead atoms. The lowest BCUT2D eigenvalue weighted by molar-refractivity contribution is -0.113. The van der Waals surface area contributed by atoms with Crippen molar-refractivity contribution in [3.63, 3.8) is 0 Å². The predicted octanol–water partition coefficient (Wildman–Crippen LogP) is 5.99. The third-order valence-electron chi connectivity index (χ3n) is 7.84. The number of aryl methyl sites for hydroxylation is 2. The number of nitrogens with zero attached hydrogens (tertiary/aromatic N) is 3. The second-order valence-corrected chi connectivity index (χ2v) is 12.8. The summed E-state index contributed by atoms with van der Waals surface area (Å²) in [7, 11) is 1.79. The Kier molecular flexibility index (Phi) is 9.46. The molecule has 224 valence electrons. The maximum atomic E-state index is 13.5. The molecule has 0 aliphatic carbocycles. The number of carbonyl (C=O) groups is 2. The lowest BCUT2D eigenvalue weighted by atomic mass is 10.0. The van der Waals surface area contributed by atoms with Crippen molar-refractivity contribution >= 4 is 50.9 Å². The average Bonchev–Trinajstić information content (AvgIpc) is 3.19. The van der Waals surface area contributed by atoms with Gasteiger partial charge in [-0.15, -0.1) is 11.8 Å². The average molecular weight is 663 g/mol. The van der Waals surface area contributed by atoms with Crippen molar-refractivity contribution in [1.82, 2.24) is 14.7 Å². The van der Waals surface area contributed by atoms with E-state index in [4.69, 9.17) is 0 Å². The molecule has 0 spiro atoms. The van der Waals surface area contributed by atoms with Gasteiger partial charge in [-0.3, -0.25) is 19.1 Å². The normalized spacial score (nSPS) is 14.9. The largest absolute Gasteiger partial charge is 0.369 e. The fraction of sp³-hybridized carbons (Fsp3) is 0.303. The van der Waals surface area contributed by atoms with E-state index in [0.717, 1.165) is 36.1 Å². The highest BCUT2D eigenvalue weighted by Gasteiger charge is 2.25. The fourth-order valence-electron chi connectivity index (χ4n) is 5.77. The van der Waals surface area contributed by atoms with Crippen LogP contribution in [0.5, 0.6) is 0 Å². The number of para-hydroxylation sites is 1. The summed E-state index contributed by atoms with van der Waals surface area (Å²) in [5.74, 6) is -0.401. The first-order valence-corrected chi connectivity index (χ1v) is 16.1. The zero-order valence-electron chi connectivity index (χ0n) is 24.8. The molecule has 2 N–H and O–H groups in total. The topological polar surface area (TPSA) is 88.4 Å². The Morgan fingerprint density at radius 2 is 1.67 bits per heavy atom. The standard InChI is InChI=1S/C33H36BrN5O3S/c1-21-17-24(34)18-22(2)31(21)38-16-10-11-25(19-38)35-32(41)27-14-8-9-15-28(27)43-20-29(40)36-30-23(3)37(4)39(33(30)42)26-12-6-5-7-13-26/h5-9,12-15,17-18,25H,10-11,16,19-20H2,1-4H3,(H,35,41)(H,36,40). The van der Waals surface area contributed by atoms with E-state index in [9.17, 15) is 14.4 Å². The van der Waals surface area contributed by atoms with Gasteiger partial charge in [-0.05, 0) is 81.1 Å². The van der Waals surface area contributed by atoms with E-state index in [-0.39, 0.29) is 34.9 Å². The summed E-state index contributed by atoms with van der Waals surface area (Å²) in [4.78, 5) is 42.7. The Balaban J connectivity index is 1.24. The first-order valence-electron chi connectivity index (χ1n) is 14.3. The number of nitrogens with one attached hydrogen (secondary N) is 2. The molecular weight excluding hydrogens is 626 g/mol. The summed E-state index contributed by atoms with van der Waals surface area (Å²) in [5.41, 5.74) is 5.52. The lowest BCUT2D eigenvalue weighted by Crippen LogP contribution is -2.48. The summed E-state index contributed by atoms with van der Waals surface area (Å²) in [6.07, 6.45) is 1.90. The molecule has 1 unspecified atom stereocenters. The lowest BCUT2D eigenvalue weighted by Gasteiger charge is -2.36. The minimum Gasteiger partial charge on any atom is -0.369 e. The van der Waals surface area contributed by atoms with Crippen molar-refractivity contribution in [2.45, 2.75) is 44.6 Å². The molecule has 1 atom stereocenters. The van der Waals surface area contributed by atoms with Crippen molar-refractivity contribution in [1.29, 1.82) is 0 Å². The summed E-state index contributed by atoms with van der Waals surface area (Å²) < 4.78 is 4.33. The Morgan fingerprint density at radius 1 is 1.00 bits per heavy atom. The van der Waals surface area contributed by atoms with E-state index in [2.05, 4.69) is 57.4 Å². The molecule has 1 aliphatic rings. The van der Waals surface area contributed by atoms with Gasteiger partial charge in [-0.2, -0.15) is 0 Å². The number of benzene rings is 3. The number of thioether (sulfide) groups is 1. The molecule has 1 saturated heterocycles. The quantitative estimate of drug-likeness (QED) is 0.226. The SMILES string of the molecule is Cc1cc(Br)cc(C)c1N1CCCC(NC(=O)c2ccccc2SCC(=O)Nc2c(C)n(C)n(-c3ccccc3)c2=O)C1. The van der Waals surface area contributed by atoms with Crippen LogP contribution in [0.3, 0.4) is 0 Å². The van der Waals surface area contributed by atoms with Gasteiger partial charge in [-0.25, -0.2) is 4.68 Å². The highest BCUT2D eigenvalue weighted by Crippen LogP contribution is 2.31. The number of carbonyl (C=O) groups excluding carboxylic acids is 2. The van der Waals surface area contributed by atoms with Crippen LogP contribution in [-0.2, 0) is 11.8 Å². The number of anilines is 2.